The third-order valence-corrected chi connectivity index (χ3v) is 5.01. The average molecular weight is 426 g/mol. The molecule has 1 heterocycles. The van der Waals surface area contributed by atoms with Gasteiger partial charge in [-0.2, -0.15) is 0 Å². The first-order valence-corrected chi connectivity index (χ1v) is 9.28. The van der Waals surface area contributed by atoms with E-state index in [-0.39, 0.29) is 21.5 Å². The zero-order chi connectivity index (χ0) is 20.5. The monoisotopic (exact) mass is 425 g/mol. The van der Waals surface area contributed by atoms with E-state index in [0.717, 1.165) is 5.56 Å². The van der Waals surface area contributed by atoms with Gasteiger partial charge in [0.15, 0.2) is 17.2 Å². The molecular formula is C22H13Cl2NO4. The van der Waals surface area contributed by atoms with Gasteiger partial charge in [0.05, 0.1) is 15.6 Å². The Kier molecular flexibility index (Phi) is 5.01. The van der Waals surface area contributed by atoms with Crippen molar-refractivity contribution < 1.29 is 19.5 Å². The van der Waals surface area contributed by atoms with Gasteiger partial charge in [-0.05, 0) is 34.9 Å². The van der Waals surface area contributed by atoms with Crippen molar-refractivity contribution in [2.24, 2.45) is 0 Å². The lowest BCUT2D eigenvalue weighted by Crippen LogP contribution is -1.99. The fourth-order valence-corrected chi connectivity index (χ4v) is 3.56. The van der Waals surface area contributed by atoms with Gasteiger partial charge < -0.3 is 14.7 Å². The van der Waals surface area contributed by atoms with Crippen molar-refractivity contribution in [3.8, 4) is 39.3 Å². The molecule has 0 saturated carbocycles. The summed E-state index contributed by atoms with van der Waals surface area (Å²) >= 11 is 12.1. The van der Waals surface area contributed by atoms with Gasteiger partial charge in [0.2, 0.25) is 0 Å². The molecule has 0 amide bonds. The maximum Gasteiger partial charge on any atom is 0.358 e. The van der Waals surface area contributed by atoms with Crippen molar-refractivity contribution in [3.63, 3.8) is 0 Å². The molecular weight excluding hydrogens is 413 g/mol. The summed E-state index contributed by atoms with van der Waals surface area (Å²) in [6.07, 6.45) is 0. The molecule has 1 aromatic heterocycles. The Balaban J connectivity index is 1.90. The Morgan fingerprint density at radius 1 is 0.828 bits per heavy atom. The topological polar surface area (TPSA) is 83.6 Å². The number of aromatic hydroxyl groups is 1. The number of aromatic nitrogens is 1. The molecule has 7 heteroatoms. The van der Waals surface area contributed by atoms with Crippen molar-refractivity contribution in [1.82, 2.24) is 5.16 Å². The minimum atomic E-state index is -1.19. The zero-order valence-corrected chi connectivity index (χ0v) is 16.3. The van der Waals surface area contributed by atoms with Crippen LogP contribution in [-0.2, 0) is 0 Å². The molecule has 4 aromatic rings. The van der Waals surface area contributed by atoms with Crippen molar-refractivity contribution in [3.05, 3.63) is 82.5 Å². The molecule has 0 unspecified atom stereocenters. The Labute approximate surface area is 175 Å². The van der Waals surface area contributed by atoms with E-state index in [1.165, 1.54) is 0 Å². The van der Waals surface area contributed by atoms with Crippen LogP contribution in [0.1, 0.15) is 10.5 Å². The predicted molar refractivity (Wildman–Crippen MR) is 111 cm³/mol. The molecule has 0 aliphatic rings. The van der Waals surface area contributed by atoms with Gasteiger partial charge in [0.25, 0.3) is 0 Å². The Bertz CT molecular complexity index is 1200. The number of aromatic carboxylic acids is 1. The van der Waals surface area contributed by atoms with Crippen molar-refractivity contribution in [1.29, 1.82) is 0 Å². The summed E-state index contributed by atoms with van der Waals surface area (Å²) in [5.74, 6) is -1.01. The van der Waals surface area contributed by atoms with Gasteiger partial charge in [-0.15, -0.1) is 0 Å². The van der Waals surface area contributed by atoms with Crippen LogP contribution in [0.4, 0.5) is 0 Å². The molecule has 29 heavy (non-hydrogen) atoms. The molecule has 3 aromatic carbocycles. The first kappa shape index (κ1) is 19.1. The summed E-state index contributed by atoms with van der Waals surface area (Å²) in [7, 11) is 0. The van der Waals surface area contributed by atoms with Crippen molar-refractivity contribution in [2.45, 2.75) is 0 Å². The van der Waals surface area contributed by atoms with Gasteiger partial charge in [-0.25, -0.2) is 4.79 Å². The maximum atomic E-state index is 11.7. The summed E-state index contributed by atoms with van der Waals surface area (Å²) in [5, 5.41) is 23.4. The highest BCUT2D eigenvalue weighted by atomic mass is 35.5. The molecule has 0 saturated heterocycles. The number of rotatable bonds is 4. The fourth-order valence-electron chi connectivity index (χ4n) is 3.08. The largest absolute Gasteiger partial charge is 0.505 e. The summed E-state index contributed by atoms with van der Waals surface area (Å²) in [5.41, 5.74) is 2.94. The van der Waals surface area contributed by atoms with E-state index in [1.807, 2.05) is 36.4 Å². The lowest BCUT2D eigenvalue weighted by molar-refractivity contribution is 0.0686. The number of phenolic OH excluding ortho intramolecular Hbond substituents is 1. The highest BCUT2D eigenvalue weighted by Crippen LogP contribution is 2.39. The Morgan fingerprint density at radius 3 is 2.10 bits per heavy atom. The molecule has 0 spiro atoms. The van der Waals surface area contributed by atoms with E-state index < -0.39 is 5.97 Å². The van der Waals surface area contributed by atoms with E-state index in [0.29, 0.717) is 28.0 Å². The molecule has 0 aliphatic carbocycles. The molecule has 2 N–H and O–H groups in total. The second-order valence-corrected chi connectivity index (χ2v) is 7.09. The van der Waals surface area contributed by atoms with Crippen LogP contribution < -0.4 is 0 Å². The fraction of sp³-hybridized carbons (Fsp3) is 0. The van der Waals surface area contributed by atoms with Gasteiger partial charge in [-0.1, -0.05) is 76.9 Å². The minimum absolute atomic E-state index is 0.124. The highest BCUT2D eigenvalue weighted by molar-refractivity contribution is 6.37. The molecule has 0 radical (unpaired) electrons. The van der Waals surface area contributed by atoms with E-state index in [2.05, 4.69) is 5.16 Å². The van der Waals surface area contributed by atoms with E-state index >= 15 is 0 Å². The normalized spacial score (nSPS) is 10.8. The summed E-state index contributed by atoms with van der Waals surface area (Å²) in [6.45, 7) is 0. The summed E-state index contributed by atoms with van der Waals surface area (Å²) in [4.78, 5) is 11.7. The lowest BCUT2D eigenvalue weighted by atomic mass is 9.96. The number of carboxylic acids is 1. The Hall–Kier alpha value is -3.28. The molecule has 144 valence electrons. The van der Waals surface area contributed by atoms with Gasteiger partial charge >= 0.3 is 5.97 Å². The van der Waals surface area contributed by atoms with Crippen LogP contribution >= 0.6 is 23.2 Å². The maximum absolute atomic E-state index is 11.7. The first-order valence-electron chi connectivity index (χ1n) is 8.53. The molecule has 0 atom stereocenters. The van der Waals surface area contributed by atoms with Crippen LogP contribution in [-0.4, -0.2) is 21.3 Å². The minimum Gasteiger partial charge on any atom is -0.505 e. The van der Waals surface area contributed by atoms with Crippen molar-refractivity contribution in [2.75, 3.05) is 0 Å². The second kappa shape index (κ2) is 7.62. The SMILES string of the molecule is O=C(O)c1noc(-c2ccccc2)c1-c1cccc(-c2cc(Cl)c(O)c(Cl)c2)c1. The highest BCUT2D eigenvalue weighted by Gasteiger charge is 2.24. The Morgan fingerprint density at radius 2 is 1.45 bits per heavy atom. The lowest BCUT2D eigenvalue weighted by Gasteiger charge is -2.09. The van der Waals surface area contributed by atoms with Gasteiger partial charge in [-0.3, -0.25) is 0 Å². The number of halogens is 2. The van der Waals surface area contributed by atoms with Crippen LogP contribution in [0, 0.1) is 0 Å². The number of hydrogen-bond acceptors (Lipinski definition) is 4. The third-order valence-electron chi connectivity index (χ3n) is 4.43. The zero-order valence-electron chi connectivity index (χ0n) is 14.8. The number of phenols is 1. The predicted octanol–water partition coefficient (Wildman–Crippen LogP) is 6.39. The smallest absolute Gasteiger partial charge is 0.358 e. The third kappa shape index (κ3) is 3.58. The molecule has 0 fully saturated rings. The number of carbonyl (C=O) groups is 1. The van der Waals surface area contributed by atoms with E-state index in [4.69, 9.17) is 27.7 Å². The van der Waals surface area contributed by atoms with Crippen LogP contribution in [0.25, 0.3) is 33.6 Å². The number of benzene rings is 3. The first-order chi connectivity index (χ1) is 14.0. The number of nitrogens with zero attached hydrogens (tertiary/aromatic N) is 1. The number of hydrogen-bond donors (Lipinski definition) is 2. The summed E-state index contributed by atoms with van der Waals surface area (Å²) < 4.78 is 5.39. The number of carboxylic acid groups (broad SMARTS) is 1. The van der Waals surface area contributed by atoms with Crippen LogP contribution in [0.3, 0.4) is 0 Å². The van der Waals surface area contributed by atoms with Crippen LogP contribution in [0.5, 0.6) is 5.75 Å². The standard InChI is InChI=1S/C22H13Cl2NO4/c23-16-10-15(11-17(24)20(16)26)13-7-4-8-14(9-13)18-19(22(27)28)25-29-21(18)12-5-2-1-3-6-12/h1-11,26H,(H,27,28). The van der Waals surface area contributed by atoms with E-state index in [1.54, 1.807) is 30.3 Å². The van der Waals surface area contributed by atoms with Gasteiger partial charge in [0, 0.05) is 5.56 Å². The molecule has 0 aliphatic heterocycles. The van der Waals surface area contributed by atoms with Gasteiger partial charge in [0.1, 0.15) is 0 Å². The molecule has 4 rings (SSSR count). The second-order valence-electron chi connectivity index (χ2n) is 6.28. The quantitative estimate of drug-likeness (QED) is 0.395. The van der Waals surface area contributed by atoms with Crippen LogP contribution in [0.15, 0.2) is 71.3 Å². The average Bonchev–Trinajstić information content (AvgIpc) is 3.18. The molecule has 5 nitrogen and oxygen atoms in total. The summed E-state index contributed by atoms with van der Waals surface area (Å²) in [6, 6.07) is 19.5. The van der Waals surface area contributed by atoms with Crippen LogP contribution in [0.2, 0.25) is 10.0 Å². The van der Waals surface area contributed by atoms with Crippen molar-refractivity contribution >= 4 is 29.2 Å². The van der Waals surface area contributed by atoms with E-state index in [9.17, 15) is 15.0 Å². The molecule has 0 bridgehead atoms.